The fourth-order valence-corrected chi connectivity index (χ4v) is 3.86. The summed E-state index contributed by atoms with van der Waals surface area (Å²) in [5.41, 5.74) is 5.19. The van der Waals surface area contributed by atoms with Crippen molar-refractivity contribution in [1.29, 1.82) is 5.26 Å². The van der Waals surface area contributed by atoms with Crippen molar-refractivity contribution in [1.82, 2.24) is 4.57 Å². The SMILES string of the molecule is CCOC(=O)c1cccc(-n2c(C)cc(C=C(C#N)c3ccc(Cl)cc3Cl)c2C)c1. The van der Waals surface area contributed by atoms with E-state index in [0.29, 0.717) is 33.4 Å². The van der Waals surface area contributed by atoms with Crippen molar-refractivity contribution in [3.05, 3.63) is 86.7 Å². The number of rotatable bonds is 5. The lowest BCUT2D eigenvalue weighted by molar-refractivity contribution is 0.0526. The first-order valence-electron chi connectivity index (χ1n) is 9.39. The normalized spacial score (nSPS) is 11.3. The molecule has 0 saturated carbocycles. The van der Waals surface area contributed by atoms with Crippen molar-refractivity contribution in [2.45, 2.75) is 20.8 Å². The number of aromatic nitrogens is 1. The van der Waals surface area contributed by atoms with E-state index in [1.54, 1.807) is 37.3 Å². The second-order valence-electron chi connectivity index (χ2n) is 6.73. The Kier molecular flexibility index (Phi) is 6.66. The van der Waals surface area contributed by atoms with E-state index in [-0.39, 0.29) is 5.97 Å². The van der Waals surface area contributed by atoms with Gasteiger partial charge in [0.25, 0.3) is 0 Å². The lowest BCUT2D eigenvalue weighted by atomic mass is 10.0. The molecule has 6 heteroatoms. The molecule has 0 amide bonds. The fraction of sp³-hybridized carbons (Fsp3) is 0.167. The third-order valence-electron chi connectivity index (χ3n) is 4.73. The van der Waals surface area contributed by atoms with Crippen LogP contribution in [0, 0.1) is 25.2 Å². The fourth-order valence-electron chi connectivity index (χ4n) is 3.35. The summed E-state index contributed by atoms with van der Waals surface area (Å²) in [5.74, 6) is -0.355. The molecule has 0 fully saturated rings. The molecule has 0 saturated heterocycles. The van der Waals surface area contributed by atoms with Gasteiger partial charge in [-0.3, -0.25) is 0 Å². The lowest BCUT2D eigenvalue weighted by Gasteiger charge is -2.11. The van der Waals surface area contributed by atoms with Crippen LogP contribution in [0.1, 0.15) is 39.8 Å². The highest BCUT2D eigenvalue weighted by Gasteiger charge is 2.14. The number of hydrogen-bond acceptors (Lipinski definition) is 3. The average molecular weight is 439 g/mol. The third kappa shape index (κ3) is 4.43. The maximum Gasteiger partial charge on any atom is 0.338 e. The number of hydrogen-bond donors (Lipinski definition) is 0. The molecule has 0 aliphatic heterocycles. The van der Waals surface area contributed by atoms with Gasteiger partial charge >= 0.3 is 5.97 Å². The number of nitrogens with zero attached hydrogens (tertiary/aromatic N) is 2. The van der Waals surface area contributed by atoms with Gasteiger partial charge in [0.05, 0.1) is 28.8 Å². The summed E-state index contributed by atoms with van der Waals surface area (Å²) in [6.45, 7) is 6.04. The van der Waals surface area contributed by atoms with Gasteiger partial charge in [-0.1, -0.05) is 35.3 Å². The highest BCUT2D eigenvalue weighted by Crippen LogP contribution is 2.30. The van der Waals surface area contributed by atoms with Crippen LogP contribution in [0.5, 0.6) is 0 Å². The summed E-state index contributed by atoms with van der Waals surface area (Å²) in [6, 6.07) is 16.6. The summed E-state index contributed by atoms with van der Waals surface area (Å²) >= 11 is 12.3. The third-order valence-corrected chi connectivity index (χ3v) is 5.28. The zero-order valence-corrected chi connectivity index (χ0v) is 18.4. The molecule has 0 spiro atoms. The number of allylic oxidation sites excluding steroid dienone is 1. The summed E-state index contributed by atoms with van der Waals surface area (Å²) in [4.78, 5) is 12.1. The van der Waals surface area contributed by atoms with E-state index in [0.717, 1.165) is 22.6 Å². The Balaban J connectivity index is 2.06. The highest BCUT2D eigenvalue weighted by atomic mass is 35.5. The second-order valence-corrected chi connectivity index (χ2v) is 7.57. The van der Waals surface area contributed by atoms with Crippen LogP contribution in [0.3, 0.4) is 0 Å². The van der Waals surface area contributed by atoms with Crippen LogP contribution in [0.2, 0.25) is 10.0 Å². The van der Waals surface area contributed by atoms with Crippen molar-refractivity contribution in [3.63, 3.8) is 0 Å². The Morgan fingerprint density at radius 2 is 1.93 bits per heavy atom. The topological polar surface area (TPSA) is 55.0 Å². The van der Waals surface area contributed by atoms with Gasteiger partial charge in [-0.15, -0.1) is 0 Å². The largest absolute Gasteiger partial charge is 0.462 e. The zero-order chi connectivity index (χ0) is 21.8. The number of esters is 1. The summed E-state index contributed by atoms with van der Waals surface area (Å²) in [6.07, 6.45) is 1.81. The molecule has 3 aromatic rings. The van der Waals surface area contributed by atoms with Crippen molar-refractivity contribution in [2.75, 3.05) is 6.61 Å². The molecule has 0 N–H and O–H groups in total. The van der Waals surface area contributed by atoms with Crippen LogP contribution in [0.4, 0.5) is 0 Å². The Bertz CT molecular complexity index is 1190. The van der Waals surface area contributed by atoms with E-state index >= 15 is 0 Å². The maximum absolute atomic E-state index is 12.1. The second kappa shape index (κ2) is 9.21. The first-order chi connectivity index (χ1) is 14.3. The minimum atomic E-state index is -0.355. The smallest absolute Gasteiger partial charge is 0.338 e. The van der Waals surface area contributed by atoms with E-state index in [2.05, 4.69) is 6.07 Å². The Labute approximate surface area is 185 Å². The molecule has 0 aliphatic rings. The molecule has 0 unspecified atom stereocenters. The number of nitriles is 1. The van der Waals surface area contributed by atoms with Crippen LogP contribution in [0.15, 0.2) is 48.5 Å². The molecule has 2 aromatic carbocycles. The highest BCUT2D eigenvalue weighted by molar-refractivity contribution is 6.36. The number of ether oxygens (including phenoxy) is 1. The van der Waals surface area contributed by atoms with Gasteiger partial charge in [0, 0.05) is 27.7 Å². The Hall–Kier alpha value is -3.00. The standard InChI is InChI=1S/C24H20Cl2N2O2/c1-4-30-24(29)17-6-5-7-21(12-17)28-15(2)10-18(16(28)3)11-19(14-27)22-9-8-20(25)13-23(22)26/h5-13H,4H2,1-3H3. The van der Waals surface area contributed by atoms with Gasteiger partial charge in [-0.25, -0.2) is 4.79 Å². The van der Waals surface area contributed by atoms with Crippen LogP contribution in [-0.4, -0.2) is 17.1 Å². The predicted molar refractivity (Wildman–Crippen MR) is 121 cm³/mol. The van der Waals surface area contributed by atoms with E-state index in [1.165, 1.54) is 0 Å². The van der Waals surface area contributed by atoms with Crippen LogP contribution in [0.25, 0.3) is 17.3 Å². The zero-order valence-electron chi connectivity index (χ0n) is 16.9. The van der Waals surface area contributed by atoms with Crippen LogP contribution >= 0.6 is 23.2 Å². The van der Waals surface area contributed by atoms with Gasteiger partial charge in [-0.2, -0.15) is 5.26 Å². The lowest BCUT2D eigenvalue weighted by Crippen LogP contribution is -2.06. The molecule has 3 rings (SSSR count). The van der Waals surface area contributed by atoms with E-state index in [9.17, 15) is 10.1 Å². The number of carbonyl (C=O) groups is 1. The Morgan fingerprint density at radius 3 is 2.60 bits per heavy atom. The quantitative estimate of drug-likeness (QED) is 0.331. The van der Waals surface area contributed by atoms with Gasteiger partial charge in [-0.05, 0) is 68.8 Å². The average Bonchev–Trinajstić information content (AvgIpc) is 3.00. The first kappa shape index (κ1) is 21.7. The number of benzene rings is 2. The molecule has 0 atom stereocenters. The molecule has 30 heavy (non-hydrogen) atoms. The van der Waals surface area contributed by atoms with Crippen molar-refractivity contribution in [2.24, 2.45) is 0 Å². The number of aryl methyl sites for hydroxylation is 1. The minimum Gasteiger partial charge on any atom is -0.462 e. The summed E-state index contributed by atoms with van der Waals surface area (Å²) < 4.78 is 7.14. The monoisotopic (exact) mass is 438 g/mol. The minimum absolute atomic E-state index is 0.323. The van der Waals surface area contributed by atoms with Gasteiger partial charge < -0.3 is 9.30 Å². The molecule has 1 aromatic heterocycles. The predicted octanol–water partition coefficient (Wildman–Crippen LogP) is 6.64. The molecule has 152 valence electrons. The van der Waals surface area contributed by atoms with Crippen LogP contribution in [-0.2, 0) is 4.74 Å². The summed E-state index contributed by atoms with van der Waals surface area (Å²) in [7, 11) is 0. The van der Waals surface area contributed by atoms with Gasteiger partial charge in [0.2, 0.25) is 0 Å². The molecular formula is C24H20Cl2N2O2. The van der Waals surface area contributed by atoms with E-state index in [4.69, 9.17) is 27.9 Å². The molecule has 0 radical (unpaired) electrons. The maximum atomic E-state index is 12.1. The number of halogens is 2. The molecule has 0 aliphatic carbocycles. The van der Waals surface area contributed by atoms with Crippen molar-refractivity contribution >= 4 is 40.8 Å². The van der Waals surface area contributed by atoms with Gasteiger partial charge in [0.15, 0.2) is 0 Å². The van der Waals surface area contributed by atoms with Gasteiger partial charge in [0.1, 0.15) is 0 Å². The van der Waals surface area contributed by atoms with Crippen molar-refractivity contribution < 1.29 is 9.53 Å². The molecule has 0 bridgehead atoms. The summed E-state index contributed by atoms with van der Waals surface area (Å²) in [5, 5.41) is 10.6. The molecule has 1 heterocycles. The number of carbonyl (C=O) groups excluding carboxylic acids is 1. The van der Waals surface area contributed by atoms with E-state index in [1.807, 2.05) is 42.7 Å². The molecule has 4 nitrogen and oxygen atoms in total. The Morgan fingerprint density at radius 1 is 1.17 bits per heavy atom. The van der Waals surface area contributed by atoms with Crippen LogP contribution < -0.4 is 0 Å². The molecular weight excluding hydrogens is 419 g/mol. The van der Waals surface area contributed by atoms with E-state index < -0.39 is 0 Å². The van der Waals surface area contributed by atoms with Crippen molar-refractivity contribution in [3.8, 4) is 11.8 Å². The first-order valence-corrected chi connectivity index (χ1v) is 10.1.